The lowest BCUT2D eigenvalue weighted by molar-refractivity contribution is -0.134. The highest BCUT2D eigenvalue weighted by Gasteiger charge is 2.44. The fraction of sp³-hybridized carbons (Fsp3) is 0.326. The summed E-state index contributed by atoms with van der Waals surface area (Å²) in [5.41, 5.74) is 9.48. The molecule has 1 atom stereocenters. The second-order valence-corrected chi connectivity index (χ2v) is 15.0. The van der Waals surface area contributed by atoms with Gasteiger partial charge in [0.1, 0.15) is 12.3 Å². The van der Waals surface area contributed by atoms with Crippen LogP contribution in [0, 0.1) is 24.2 Å². The summed E-state index contributed by atoms with van der Waals surface area (Å²) in [6, 6.07) is 22.7. The number of anilines is 4. The van der Waals surface area contributed by atoms with E-state index in [1.807, 2.05) is 36.7 Å². The van der Waals surface area contributed by atoms with Crippen molar-refractivity contribution in [1.82, 2.24) is 25.2 Å². The van der Waals surface area contributed by atoms with Gasteiger partial charge in [-0.15, -0.1) is 0 Å². The van der Waals surface area contributed by atoms with Gasteiger partial charge in [0.15, 0.2) is 0 Å². The molecule has 2 aromatic heterocycles. The minimum Gasteiger partial charge on any atom is -0.474 e. The third-order valence-electron chi connectivity index (χ3n) is 11.4. The number of hydrogen-bond acceptors (Lipinski definition) is 10. The monoisotopic (exact) mass is 718 g/mol. The van der Waals surface area contributed by atoms with E-state index in [1.54, 1.807) is 0 Å². The number of amides is 2. The fourth-order valence-electron chi connectivity index (χ4n) is 8.28. The maximum atomic E-state index is 12.2. The molecule has 3 saturated heterocycles. The molecule has 0 saturated carbocycles. The number of hydrogen-bond donors (Lipinski definition) is 3. The van der Waals surface area contributed by atoms with Crippen molar-refractivity contribution in [3.8, 4) is 28.8 Å². The number of ether oxygens (including phenoxy) is 1. The smallest absolute Gasteiger partial charge is 0.237 e. The van der Waals surface area contributed by atoms with Crippen LogP contribution in [0.2, 0.25) is 0 Å². The highest BCUT2D eigenvalue weighted by Crippen LogP contribution is 2.41. The molecular formula is C43H42N8O3. The molecule has 4 aliphatic heterocycles. The number of benzene rings is 3. The topological polar surface area (TPSA) is 125 Å². The molecule has 3 aromatic carbocycles. The number of piperidine rings is 2. The summed E-state index contributed by atoms with van der Waals surface area (Å²) in [6.45, 7) is 8.53. The third kappa shape index (κ3) is 6.81. The Hall–Kier alpha value is -5.99. The lowest BCUT2D eigenvalue weighted by Gasteiger charge is -2.54. The summed E-state index contributed by atoms with van der Waals surface area (Å²) < 4.78 is 5.71. The number of nitrogens with zero attached hydrogens (tertiary/aromatic N) is 5. The Labute approximate surface area is 314 Å². The highest BCUT2D eigenvalue weighted by atomic mass is 16.5. The van der Waals surface area contributed by atoms with Crippen molar-refractivity contribution in [1.29, 1.82) is 0 Å². The molecule has 0 aliphatic carbocycles. The van der Waals surface area contributed by atoms with Crippen LogP contribution in [0.25, 0.3) is 22.0 Å². The molecule has 11 heteroatoms. The number of carbonyl (C=O) groups is 2. The lowest BCUT2D eigenvalue weighted by Crippen LogP contribution is -2.60. The van der Waals surface area contributed by atoms with Crippen molar-refractivity contribution >= 4 is 45.7 Å². The van der Waals surface area contributed by atoms with E-state index in [1.165, 1.54) is 18.5 Å². The van der Waals surface area contributed by atoms with Gasteiger partial charge in [0, 0.05) is 79.4 Å². The van der Waals surface area contributed by atoms with Crippen molar-refractivity contribution in [3.63, 3.8) is 0 Å². The highest BCUT2D eigenvalue weighted by molar-refractivity contribution is 6.01. The molecule has 11 nitrogen and oxygen atoms in total. The van der Waals surface area contributed by atoms with Crippen LogP contribution in [0.4, 0.5) is 23.0 Å². The zero-order valence-corrected chi connectivity index (χ0v) is 30.3. The molecule has 3 fully saturated rings. The van der Waals surface area contributed by atoms with Crippen LogP contribution < -0.4 is 25.6 Å². The standard InChI is InChI=1S/C43H42N8O3/c1-28-36(25-45-41-39(28)44-18-22-54-41)31-8-9-32-24-46-42(48-37(32)23-31)47-33-10-12-34(13-11-33)51-20-16-43(17-21-51)26-50(27-43)19-2-3-29-4-6-30(7-5-29)35-14-15-38(52)49-40(35)53/h4-13,23-25,35,44H,14-22,26-27H2,1H3,(H,46,47,48)(H,49,52,53). The maximum absolute atomic E-state index is 12.2. The van der Waals surface area contributed by atoms with Crippen molar-refractivity contribution < 1.29 is 14.3 Å². The van der Waals surface area contributed by atoms with Gasteiger partial charge >= 0.3 is 0 Å². The van der Waals surface area contributed by atoms with E-state index in [0.717, 1.165) is 89.4 Å². The lowest BCUT2D eigenvalue weighted by atomic mass is 9.72. The van der Waals surface area contributed by atoms with Crippen molar-refractivity contribution in [2.24, 2.45) is 5.41 Å². The third-order valence-corrected chi connectivity index (χ3v) is 11.4. The van der Waals surface area contributed by atoms with Crippen LogP contribution in [0.1, 0.15) is 48.3 Å². The molecule has 6 heterocycles. The summed E-state index contributed by atoms with van der Waals surface area (Å²) in [5, 5.41) is 10.2. The Morgan fingerprint density at radius 2 is 1.80 bits per heavy atom. The van der Waals surface area contributed by atoms with Gasteiger partial charge in [0.25, 0.3) is 0 Å². The number of nitrogens with one attached hydrogen (secondary N) is 3. The predicted molar refractivity (Wildman–Crippen MR) is 210 cm³/mol. The van der Waals surface area contributed by atoms with E-state index in [4.69, 9.17) is 9.72 Å². The Kier molecular flexibility index (Phi) is 8.83. The summed E-state index contributed by atoms with van der Waals surface area (Å²) in [6.07, 6.45) is 7.04. The molecule has 0 radical (unpaired) electrons. The summed E-state index contributed by atoms with van der Waals surface area (Å²) in [4.78, 5) is 42.6. The first kappa shape index (κ1) is 33.8. The van der Waals surface area contributed by atoms with E-state index in [-0.39, 0.29) is 17.7 Å². The van der Waals surface area contributed by atoms with Crippen LogP contribution >= 0.6 is 0 Å². The first-order chi connectivity index (χ1) is 26.4. The van der Waals surface area contributed by atoms with Gasteiger partial charge in [0.05, 0.1) is 18.0 Å². The van der Waals surface area contributed by atoms with Gasteiger partial charge in [-0.25, -0.2) is 15.0 Å². The number of aromatic nitrogens is 3. The SMILES string of the molecule is Cc1c(-c2ccc3cnc(Nc4ccc(N5CCC6(CC5)CN(CC#Cc5ccc(C7CCC(=O)NC7=O)cc5)C6)cc4)nc3c2)cnc2c1NCCO2. The molecular weight excluding hydrogens is 677 g/mol. The van der Waals surface area contributed by atoms with Crippen molar-refractivity contribution in [2.75, 3.05) is 61.4 Å². The molecule has 4 aliphatic rings. The number of pyridine rings is 1. The molecule has 5 aromatic rings. The zero-order chi connectivity index (χ0) is 36.6. The minimum absolute atomic E-state index is 0.190. The van der Waals surface area contributed by atoms with Crippen LogP contribution in [-0.4, -0.2) is 77.5 Å². The Morgan fingerprint density at radius 1 is 0.981 bits per heavy atom. The molecule has 54 heavy (non-hydrogen) atoms. The van der Waals surface area contributed by atoms with E-state index in [2.05, 4.69) is 96.9 Å². The van der Waals surface area contributed by atoms with Crippen LogP contribution in [0.5, 0.6) is 5.88 Å². The quantitative estimate of drug-likeness (QED) is 0.142. The van der Waals surface area contributed by atoms with E-state index < -0.39 is 0 Å². The molecule has 9 rings (SSSR count). The largest absolute Gasteiger partial charge is 0.474 e. The second kappa shape index (κ2) is 14.1. The average molecular weight is 719 g/mol. The van der Waals surface area contributed by atoms with Crippen molar-refractivity contribution in [2.45, 2.75) is 38.5 Å². The van der Waals surface area contributed by atoms with E-state index in [0.29, 0.717) is 36.7 Å². The fourth-order valence-corrected chi connectivity index (χ4v) is 8.28. The Bertz CT molecular complexity index is 2300. The number of imide groups is 1. The molecule has 1 spiro atoms. The Morgan fingerprint density at radius 3 is 2.59 bits per heavy atom. The zero-order valence-electron chi connectivity index (χ0n) is 30.3. The summed E-state index contributed by atoms with van der Waals surface area (Å²) >= 11 is 0. The summed E-state index contributed by atoms with van der Waals surface area (Å²) in [5.74, 6) is 7.19. The van der Waals surface area contributed by atoms with Gasteiger partial charge in [-0.2, -0.15) is 0 Å². The normalized spacial score (nSPS) is 19.1. The van der Waals surface area contributed by atoms with Gasteiger partial charge in [-0.1, -0.05) is 36.1 Å². The van der Waals surface area contributed by atoms with Gasteiger partial charge in [-0.05, 0) is 90.8 Å². The van der Waals surface area contributed by atoms with Gasteiger partial charge in [-0.3, -0.25) is 19.8 Å². The molecule has 3 N–H and O–H groups in total. The van der Waals surface area contributed by atoms with E-state index in [9.17, 15) is 9.59 Å². The van der Waals surface area contributed by atoms with Crippen molar-refractivity contribution in [3.05, 3.63) is 95.8 Å². The van der Waals surface area contributed by atoms with Crippen LogP contribution in [0.3, 0.4) is 0 Å². The van der Waals surface area contributed by atoms with Crippen LogP contribution in [0.15, 0.2) is 79.1 Å². The van der Waals surface area contributed by atoms with E-state index >= 15 is 0 Å². The number of likely N-dealkylation sites (tertiary alicyclic amines) is 1. The first-order valence-corrected chi connectivity index (χ1v) is 18.8. The Balaban J connectivity index is 0.763. The number of fused-ring (bicyclic) bond motifs is 2. The minimum atomic E-state index is -0.264. The first-order valence-electron chi connectivity index (χ1n) is 18.8. The molecule has 1 unspecified atom stereocenters. The molecule has 272 valence electrons. The maximum Gasteiger partial charge on any atom is 0.237 e. The predicted octanol–water partition coefficient (Wildman–Crippen LogP) is 6.02. The van der Waals surface area contributed by atoms with Gasteiger partial charge in [0.2, 0.25) is 23.6 Å². The average Bonchev–Trinajstić information content (AvgIpc) is 3.18. The van der Waals surface area contributed by atoms with Gasteiger partial charge < -0.3 is 20.3 Å². The number of carbonyl (C=O) groups excluding carboxylic acids is 2. The summed E-state index contributed by atoms with van der Waals surface area (Å²) in [7, 11) is 0. The molecule has 0 bridgehead atoms. The number of rotatable bonds is 6. The molecule has 2 amide bonds. The second-order valence-electron chi connectivity index (χ2n) is 15.0. The van der Waals surface area contributed by atoms with Crippen LogP contribution in [-0.2, 0) is 9.59 Å².